The molecular weight excluding hydrogens is 158 g/mol. The van der Waals surface area contributed by atoms with Gasteiger partial charge in [0.15, 0.2) is 0 Å². The van der Waals surface area contributed by atoms with E-state index in [0.717, 1.165) is 11.2 Å². The molecule has 0 aromatic carbocycles. The van der Waals surface area contributed by atoms with E-state index >= 15 is 0 Å². The number of hydrogen-bond donors (Lipinski definition) is 2. The minimum atomic E-state index is 0.957. The van der Waals surface area contributed by atoms with Crippen molar-refractivity contribution < 1.29 is 0 Å². The number of fused-ring (bicyclic) bond motifs is 1. The van der Waals surface area contributed by atoms with Gasteiger partial charge in [-0.05, 0) is 12.1 Å². The van der Waals surface area contributed by atoms with Crippen LogP contribution in [0.4, 0.5) is 5.69 Å². The van der Waals surface area contributed by atoms with Gasteiger partial charge in [-0.25, -0.2) is 4.98 Å². The molecule has 11 heavy (non-hydrogen) atoms. The molecule has 0 spiro atoms. The third-order valence-corrected chi connectivity index (χ3v) is 1.80. The van der Waals surface area contributed by atoms with Gasteiger partial charge in [-0.3, -0.25) is 0 Å². The Kier molecular flexibility index (Phi) is 1.47. The lowest BCUT2D eigenvalue weighted by atomic mass is 10.4. The van der Waals surface area contributed by atoms with Crippen LogP contribution in [0.5, 0.6) is 0 Å². The molecule has 0 aliphatic heterocycles. The molecule has 2 aromatic heterocycles. The highest BCUT2D eigenvalue weighted by Gasteiger charge is 1.92. The number of anilines is 1. The van der Waals surface area contributed by atoms with E-state index in [-0.39, 0.29) is 0 Å². The number of hydrogen-bond acceptors (Lipinski definition) is 3. The molecule has 0 aliphatic carbocycles. The molecular formula is C7H7N3S. The smallest absolute Gasteiger partial charge is 0.0992 e. The Bertz CT molecular complexity index is 368. The zero-order valence-electron chi connectivity index (χ0n) is 5.73. The lowest BCUT2D eigenvalue weighted by Gasteiger charge is -1.98. The Morgan fingerprint density at radius 3 is 3.18 bits per heavy atom. The van der Waals surface area contributed by atoms with Crippen LogP contribution in [-0.2, 0) is 0 Å². The van der Waals surface area contributed by atoms with Gasteiger partial charge in [-0.15, -0.1) is 0 Å². The van der Waals surface area contributed by atoms with Crippen molar-refractivity contribution in [2.24, 2.45) is 0 Å². The first-order valence-electron chi connectivity index (χ1n) is 3.22. The molecule has 0 saturated carbocycles. The van der Waals surface area contributed by atoms with Crippen LogP contribution in [0.25, 0.3) is 5.52 Å². The number of imidazole rings is 1. The average molecular weight is 165 g/mol. The van der Waals surface area contributed by atoms with Crippen molar-refractivity contribution in [3.05, 3.63) is 30.9 Å². The number of aromatic nitrogens is 2. The Hall–Kier alpha value is -1.16. The number of thiol groups is 1. The quantitative estimate of drug-likeness (QED) is 0.628. The Morgan fingerprint density at radius 1 is 1.45 bits per heavy atom. The van der Waals surface area contributed by atoms with Crippen molar-refractivity contribution >= 4 is 24.0 Å². The highest BCUT2D eigenvalue weighted by molar-refractivity contribution is 7.81. The summed E-state index contributed by atoms with van der Waals surface area (Å²) in [4.78, 5) is 3.99. The van der Waals surface area contributed by atoms with E-state index in [9.17, 15) is 0 Å². The minimum Gasteiger partial charge on any atom is -0.331 e. The van der Waals surface area contributed by atoms with E-state index in [0.29, 0.717) is 0 Å². The Morgan fingerprint density at radius 2 is 2.36 bits per heavy atom. The zero-order valence-corrected chi connectivity index (χ0v) is 6.62. The van der Waals surface area contributed by atoms with E-state index < -0.39 is 0 Å². The molecule has 4 heteroatoms. The van der Waals surface area contributed by atoms with Gasteiger partial charge in [0.25, 0.3) is 0 Å². The minimum absolute atomic E-state index is 0.957. The predicted molar refractivity (Wildman–Crippen MR) is 47.8 cm³/mol. The molecule has 1 N–H and O–H groups in total. The van der Waals surface area contributed by atoms with Gasteiger partial charge in [-0.2, -0.15) is 0 Å². The normalized spacial score (nSPS) is 10.3. The van der Waals surface area contributed by atoms with Crippen LogP contribution in [0.1, 0.15) is 0 Å². The van der Waals surface area contributed by atoms with E-state index in [1.165, 1.54) is 0 Å². The third kappa shape index (κ3) is 1.05. The van der Waals surface area contributed by atoms with Gasteiger partial charge in [0.05, 0.1) is 23.7 Å². The van der Waals surface area contributed by atoms with Crippen molar-refractivity contribution in [2.75, 3.05) is 4.72 Å². The third-order valence-electron chi connectivity index (χ3n) is 1.54. The van der Waals surface area contributed by atoms with E-state index in [2.05, 4.69) is 22.5 Å². The van der Waals surface area contributed by atoms with Gasteiger partial charge < -0.3 is 9.12 Å². The summed E-state index contributed by atoms with van der Waals surface area (Å²) in [6.45, 7) is 0. The first kappa shape index (κ1) is 6.54. The Labute approximate surface area is 69.6 Å². The van der Waals surface area contributed by atoms with Crippen LogP contribution >= 0.6 is 12.8 Å². The fourth-order valence-corrected chi connectivity index (χ4v) is 1.12. The molecule has 2 heterocycles. The van der Waals surface area contributed by atoms with Crippen LogP contribution in [0, 0.1) is 0 Å². The van der Waals surface area contributed by atoms with Gasteiger partial charge >= 0.3 is 0 Å². The lowest BCUT2D eigenvalue weighted by Crippen LogP contribution is -1.85. The summed E-state index contributed by atoms with van der Waals surface area (Å²) in [5.41, 5.74) is 2.04. The molecule has 0 saturated heterocycles. The van der Waals surface area contributed by atoms with Crippen molar-refractivity contribution in [1.82, 2.24) is 9.38 Å². The summed E-state index contributed by atoms with van der Waals surface area (Å²) in [7, 11) is 0. The van der Waals surface area contributed by atoms with E-state index in [1.807, 2.05) is 28.9 Å². The first-order valence-corrected chi connectivity index (χ1v) is 3.67. The SMILES string of the molecule is SNc1ccc2cncn2c1. The Balaban J connectivity index is 2.67. The molecule has 0 bridgehead atoms. The highest BCUT2D eigenvalue weighted by atomic mass is 32.1. The molecule has 0 aliphatic rings. The average Bonchev–Trinajstić information content (AvgIpc) is 2.50. The fraction of sp³-hybridized carbons (Fsp3) is 0. The highest BCUT2D eigenvalue weighted by Crippen LogP contribution is 2.10. The van der Waals surface area contributed by atoms with Crippen LogP contribution in [0.2, 0.25) is 0 Å². The lowest BCUT2D eigenvalue weighted by molar-refractivity contribution is 1.16. The largest absolute Gasteiger partial charge is 0.331 e. The summed E-state index contributed by atoms with van der Waals surface area (Å²) < 4.78 is 4.68. The molecule has 0 atom stereocenters. The zero-order chi connectivity index (χ0) is 7.68. The maximum absolute atomic E-state index is 3.99. The van der Waals surface area contributed by atoms with Crippen LogP contribution in [-0.4, -0.2) is 9.38 Å². The topological polar surface area (TPSA) is 29.3 Å². The van der Waals surface area contributed by atoms with Crippen LogP contribution in [0.3, 0.4) is 0 Å². The number of nitrogens with zero attached hydrogens (tertiary/aromatic N) is 2. The second-order valence-electron chi connectivity index (χ2n) is 2.26. The molecule has 2 aromatic rings. The number of pyridine rings is 1. The molecule has 56 valence electrons. The maximum atomic E-state index is 3.99. The standard InChI is InChI=1S/C7H7N3S/c11-9-6-1-2-7-3-8-5-10(7)4-6/h1-5,9,11H. The van der Waals surface area contributed by atoms with Crippen molar-refractivity contribution in [2.45, 2.75) is 0 Å². The molecule has 2 rings (SSSR count). The van der Waals surface area contributed by atoms with Crippen LogP contribution in [0.15, 0.2) is 30.9 Å². The molecule has 0 unspecified atom stereocenters. The summed E-state index contributed by atoms with van der Waals surface area (Å²) in [6.07, 6.45) is 5.49. The van der Waals surface area contributed by atoms with Crippen LogP contribution < -0.4 is 4.72 Å². The van der Waals surface area contributed by atoms with Gasteiger partial charge in [0, 0.05) is 6.20 Å². The predicted octanol–water partition coefficient (Wildman–Crippen LogP) is 1.59. The van der Waals surface area contributed by atoms with Crippen molar-refractivity contribution in [1.29, 1.82) is 0 Å². The summed E-state index contributed by atoms with van der Waals surface area (Å²) >= 11 is 3.93. The van der Waals surface area contributed by atoms with Gasteiger partial charge in [0.1, 0.15) is 0 Å². The summed E-state index contributed by atoms with van der Waals surface area (Å²) in [5.74, 6) is 0. The molecule has 0 amide bonds. The van der Waals surface area contributed by atoms with E-state index in [4.69, 9.17) is 0 Å². The first-order chi connectivity index (χ1) is 5.40. The summed E-state index contributed by atoms with van der Waals surface area (Å²) in [6, 6.07) is 3.93. The number of rotatable bonds is 1. The van der Waals surface area contributed by atoms with Gasteiger partial charge in [-0.1, -0.05) is 12.8 Å². The molecule has 3 nitrogen and oxygen atoms in total. The molecule has 0 radical (unpaired) electrons. The molecule has 0 fully saturated rings. The van der Waals surface area contributed by atoms with Crippen molar-refractivity contribution in [3.8, 4) is 0 Å². The fourth-order valence-electron chi connectivity index (χ4n) is 0.986. The maximum Gasteiger partial charge on any atom is 0.0992 e. The summed E-state index contributed by atoms with van der Waals surface area (Å²) in [5, 5.41) is 0. The number of nitrogens with one attached hydrogen (secondary N) is 1. The van der Waals surface area contributed by atoms with Crippen molar-refractivity contribution in [3.63, 3.8) is 0 Å². The second kappa shape index (κ2) is 2.47. The van der Waals surface area contributed by atoms with Gasteiger partial charge in [0.2, 0.25) is 0 Å². The monoisotopic (exact) mass is 165 g/mol. The van der Waals surface area contributed by atoms with E-state index in [1.54, 1.807) is 6.33 Å². The second-order valence-corrected chi connectivity index (χ2v) is 2.48.